The summed E-state index contributed by atoms with van der Waals surface area (Å²) in [7, 11) is -3.40. The molecule has 0 aromatic heterocycles. The number of nitrogens with two attached hydrogens (primary N) is 1. The summed E-state index contributed by atoms with van der Waals surface area (Å²) < 4.78 is 27.9. The number of rotatable bonds is 6. The van der Waals surface area contributed by atoms with Gasteiger partial charge >= 0.3 is 0 Å². The van der Waals surface area contributed by atoms with Gasteiger partial charge in [-0.3, -0.25) is 0 Å². The van der Waals surface area contributed by atoms with Gasteiger partial charge in [0.25, 0.3) is 0 Å². The monoisotopic (exact) mass is 308 g/mol. The first-order chi connectivity index (χ1) is 9.93. The van der Waals surface area contributed by atoms with E-state index in [1.165, 1.54) is 12.8 Å². The van der Waals surface area contributed by atoms with Gasteiger partial charge in [0.1, 0.15) is 0 Å². The van der Waals surface area contributed by atoms with Crippen molar-refractivity contribution in [2.75, 3.05) is 6.54 Å². The van der Waals surface area contributed by atoms with Gasteiger partial charge in [0, 0.05) is 19.1 Å². The Hall–Kier alpha value is -0.910. The average molecular weight is 308 g/mol. The van der Waals surface area contributed by atoms with Crippen molar-refractivity contribution in [2.24, 2.45) is 11.7 Å². The van der Waals surface area contributed by atoms with Gasteiger partial charge < -0.3 is 5.73 Å². The molecule has 3 rings (SSSR count). The van der Waals surface area contributed by atoms with Gasteiger partial charge in [-0.2, -0.15) is 4.31 Å². The molecule has 1 aromatic carbocycles. The Labute approximate surface area is 127 Å². The third-order valence-electron chi connectivity index (χ3n) is 4.53. The maximum atomic E-state index is 13.1. The molecule has 2 N–H and O–H groups in total. The fourth-order valence-electron chi connectivity index (χ4n) is 2.86. The molecule has 2 fully saturated rings. The van der Waals surface area contributed by atoms with Crippen LogP contribution in [0, 0.1) is 19.8 Å². The van der Waals surface area contributed by atoms with E-state index in [0.29, 0.717) is 23.9 Å². The van der Waals surface area contributed by atoms with Gasteiger partial charge in [0.05, 0.1) is 4.90 Å². The third-order valence-corrected chi connectivity index (χ3v) is 6.59. The molecule has 0 radical (unpaired) electrons. The fourth-order valence-corrected chi connectivity index (χ4v) is 4.88. The molecule has 116 valence electrons. The van der Waals surface area contributed by atoms with Crippen molar-refractivity contribution in [3.05, 3.63) is 28.8 Å². The number of nitrogens with zero attached hydrogens (tertiary/aromatic N) is 1. The Morgan fingerprint density at radius 2 is 1.81 bits per heavy atom. The summed E-state index contributed by atoms with van der Waals surface area (Å²) >= 11 is 0. The highest BCUT2D eigenvalue weighted by molar-refractivity contribution is 7.89. The summed E-state index contributed by atoms with van der Waals surface area (Å²) in [5.74, 6) is 0.570. The van der Waals surface area contributed by atoms with E-state index in [4.69, 9.17) is 5.73 Å². The van der Waals surface area contributed by atoms with Crippen LogP contribution in [0.25, 0.3) is 0 Å². The Balaban J connectivity index is 1.99. The highest BCUT2D eigenvalue weighted by atomic mass is 32.2. The molecule has 4 nitrogen and oxygen atoms in total. The van der Waals surface area contributed by atoms with Crippen LogP contribution in [0.3, 0.4) is 0 Å². The lowest BCUT2D eigenvalue weighted by molar-refractivity contribution is 0.388. The van der Waals surface area contributed by atoms with Gasteiger partial charge in [-0.25, -0.2) is 8.42 Å². The van der Waals surface area contributed by atoms with Crippen molar-refractivity contribution >= 4 is 10.0 Å². The van der Waals surface area contributed by atoms with Gasteiger partial charge in [-0.05, 0) is 68.2 Å². The second-order valence-electron chi connectivity index (χ2n) is 6.50. The van der Waals surface area contributed by atoms with Gasteiger partial charge in [0.2, 0.25) is 10.0 Å². The quantitative estimate of drug-likeness (QED) is 0.877. The van der Waals surface area contributed by atoms with Crippen LogP contribution in [0.4, 0.5) is 0 Å². The van der Waals surface area contributed by atoms with Crippen LogP contribution >= 0.6 is 0 Å². The standard InChI is InChI=1S/C16H24N2O2S/c1-11-7-12(2)16(8-14(11)9-17)21(19,20)18(15-5-6-15)10-13-3-4-13/h7-8,13,15H,3-6,9-10,17H2,1-2H3. The molecule has 0 saturated heterocycles. The second kappa shape index (κ2) is 5.38. The lowest BCUT2D eigenvalue weighted by atomic mass is 10.1. The van der Waals surface area contributed by atoms with Crippen LogP contribution in [0.5, 0.6) is 0 Å². The Bertz CT molecular complexity index is 646. The molecule has 21 heavy (non-hydrogen) atoms. The van der Waals surface area contributed by atoms with E-state index in [0.717, 1.165) is 29.5 Å². The van der Waals surface area contributed by atoms with E-state index >= 15 is 0 Å². The molecular weight excluding hydrogens is 284 g/mol. The van der Waals surface area contributed by atoms with E-state index in [2.05, 4.69) is 0 Å². The average Bonchev–Trinajstić information content (AvgIpc) is 3.28. The van der Waals surface area contributed by atoms with Crippen LogP contribution in [-0.2, 0) is 16.6 Å². The first kappa shape index (κ1) is 15.0. The SMILES string of the molecule is Cc1cc(C)c(S(=O)(=O)N(CC2CC2)C2CC2)cc1CN. The molecule has 0 amide bonds. The zero-order chi connectivity index (χ0) is 15.2. The highest BCUT2D eigenvalue weighted by Crippen LogP contribution is 2.38. The van der Waals surface area contributed by atoms with Gasteiger partial charge in [-0.1, -0.05) is 6.07 Å². The summed E-state index contributed by atoms with van der Waals surface area (Å²) in [4.78, 5) is 0.445. The maximum Gasteiger partial charge on any atom is 0.243 e. The topological polar surface area (TPSA) is 63.4 Å². The minimum atomic E-state index is -3.40. The molecule has 0 bridgehead atoms. The Morgan fingerprint density at radius 1 is 1.14 bits per heavy atom. The zero-order valence-electron chi connectivity index (χ0n) is 12.8. The van der Waals surface area contributed by atoms with Crippen LogP contribution < -0.4 is 5.73 Å². The van der Waals surface area contributed by atoms with E-state index in [1.54, 1.807) is 10.4 Å². The summed E-state index contributed by atoms with van der Waals surface area (Å²) in [5.41, 5.74) is 8.55. The molecule has 2 saturated carbocycles. The van der Waals surface area contributed by atoms with Crippen molar-refractivity contribution in [1.82, 2.24) is 4.31 Å². The number of sulfonamides is 1. The maximum absolute atomic E-state index is 13.1. The van der Waals surface area contributed by atoms with E-state index in [1.807, 2.05) is 19.9 Å². The van der Waals surface area contributed by atoms with Crippen molar-refractivity contribution in [2.45, 2.75) is 57.0 Å². The predicted molar refractivity (Wildman–Crippen MR) is 83.4 cm³/mol. The van der Waals surface area contributed by atoms with Crippen LogP contribution in [0.1, 0.15) is 42.4 Å². The molecule has 0 aliphatic heterocycles. The zero-order valence-corrected chi connectivity index (χ0v) is 13.6. The smallest absolute Gasteiger partial charge is 0.243 e. The highest BCUT2D eigenvalue weighted by Gasteiger charge is 2.41. The Kier molecular flexibility index (Phi) is 3.84. The first-order valence-electron chi connectivity index (χ1n) is 7.75. The first-order valence-corrected chi connectivity index (χ1v) is 9.19. The molecule has 0 spiro atoms. The number of hydrogen-bond acceptors (Lipinski definition) is 3. The third kappa shape index (κ3) is 3.00. The van der Waals surface area contributed by atoms with Crippen LogP contribution in [0.2, 0.25) is 0 Å². The van der Waals surface area contributed by atoms with Gasteiger partial charge in [0.15, 0.2) is 0 Å². The largest absolute Gasteiger partial charge is 0.326 e. The number of hydrogen-bond donors (Lipinski definition) is 1. The lowest BCUT2D eigenvalue weighted by Crippen LogP contribution is -2.35. The molecule has 0 unspecified atom stereocenters. The van der Waals surface area contributed by atoms with E-state index in [9.17, 15) is 8.42 Å². The minimum absolute atomic E-state index is 0.220. The number of aryl methyl sites for hydroxylation is 2. The predicted octanol–water partition coefficient (Wildman–Crippen LogP) is 2.33. The molecule has 0 heterocycles. The lowest BCUT2D eigenvalue weighted by Gasteiger charge is -2.23. The molecular formula is C16H24N2O2S. The second-order valence-corrected chi connectivity index (χ2v) is 8.36. The summed E-state index contributed by atoms with van der Waals surface area (Å²) in [6.07, 6.45) is 4.33. The van der Waals surface area contributed by atoms with Crippen LogP contribution in [0.15, 0.2) is 17.0 Å². The van der Waals surface area contributed by atoms with E-state index < -0.39 is 10.0 Å². The van der Waals surface area contributed by atoms with E-state index in [-0.39, 0.29) is 6.04 Å². The minimum Gasteiger partial charge on any atom is -0.326 e. The molecule has 2 aliphatic carbocycles. The van der Waals surface area contributed by atoms with Crippen molar-refractivity contribution < 1.29 is 8.42 Å². The summed E-state index contributed by atoms with van der Waals surface area (Å²) in [6, 6.07) is 3.94. The summed E-state index contributed by atoms with van der Waals surface area (Å²) in [6.45, 7) is 4.93. The fraction of sp³-hybridized carbons (Fsp3) is 0.625. The van der Waals surface area contributed by atoms with Crippen molar-refractivity contribution in [3.63, 3.8) is 0 Å². The molecule has 0 atom stereocenters. The molecule has 2 aliphatic rings. The number of benzene rings is 1. The van der Waals surface area contributed by atoms with Crippen LogP contribution in [-0.4, -0.2) is 25.3 Å². The Morgan fingerprint density at radius 3 is 2.33 bits per heavy atom. The normalized spacial score (nSPS) is 19.2. The van der Waals surface area contributed by atoms with Crippen molar-refractivity contribution in [1.29, 1.82) is 0 Å². The molecule has 5 heteroatoms. The molecule has 1 aromatic rings. The van der Waals surface area contributed by atoms with Crippen molar-refractivity contribution in [3.8, 4) is 0 Å². The summed E-state index contributed by atoms with van der Waals surface area (Å²) in [5, 5.41) is 0. The van der Waals surface area contributed by atoms with Gasteiger partial charge in [-0.15, -0.1) is 0 Å².